The molecule has 0 heterocycles. The summed E-state index contributed by atoms with van der Waals surface area (Å²) in [6.07, 6.45) is 6.14. The summed E-state index contributed by atoms with van der Waals surface area (Å²) in [7, 11) is 0. The first-order valence-corrected chi connectivity index (χ1v) is 11.7. The van der Waals surface area contributed by atoms with Crippen molar-refractivity contribution in [2.24, 2.45) is 0 Å². The van der Waals surface area contributed by atoms with Gasteiger partial charge in [0.15, 0.2) is 0 Å². The van der Waals surface area contributed by atoms with Gasteiger partial charge < -0.3 is 9.47 Å². The minimum Gasteiger partial charge on any atom is -0.379 e. The van der Waals surface area contributed by atoms with E-state index in [1.807, 2.05) is 0 Å². The maximum Gasteiger partial charge on any atom is 0.143 e. The average molecular weight is 417 g/mol. The summed E-state index contributed by atoms with van der Waals surface area (Å²) in [4.78, 5) is 0. The van der Waals surface area contributed by atoms with E-state index in [1.54, 1.807) is 0 Å². The minimum atomic E-state index is -0.602. The first kappa shape index (κ1) is 23.2. The molecule has 0 N–H and O–H groups in total. The van der Waals surface area contributed by atoms with E-state index in [0.29, 0.717) is 6.10 Å². The Morgan fingerprint density at radius 2 is 0.935 bits per heavy atom. The molecule has 31 heavy (non-hydrogen) atoms. The molecule has 0 aliphatic carbocycles. The summed E-state index contributed by atoms with van der Waals surface area (Å²) >= 11 is 0. The fourth-order valence-electron chi connectivity index (χ4n) is 4.05. The van der Waals surface area contributed by atoms with Gasteiger partial charge in [-0.1, -0.05) is 110 Å². The Morgan fingerprint density at radius 3 is 1.35 bits per heavy atom. The average Bonchev–Trinajstić information content (AvgIpc) is 2.82. The van der Waals surface area contributed by atoms with Crippen LogP contribution in [0, 0.1) is 0 Å². The summed E-state index contributed by atoms with van der Waals surface area (Å²) in [5.74, 6) is 0. The Labute approximate surface area is 188 Å². The highest BCUT2D eigenvalue weighted by Gasteiger charge is 2.37. The van der Waals surface area contributed by atoms with Gasteiger partial charge in [0.1, 0.15) is 5.60 Å². The Bertz CT molecular complexity index is 747. The van der Waals surface area contributed by atoms with Crippen molar-refractivity contribution in [3.05, 3.63) is 108 Å². The molecule has 0 saturated carbocycles. The van der Waals surface area contributed by atoms with Gasteiger partial charge in [0.25, 0.3) is 0 Å². The van der Waals surface area contributed by atoms with Crippen LogP contribution in [0.3, 0.4) is 0 Å². The second kappa shape index (κ2) is 12.4. The second-order valence-corrected chi connectivity index (χ2v) is 8.32. The molecule has 3 rings (SSSR count). The van der Waals surface area contributed by atoms with Gasteiger partial charge in [0, 0.05) is 13.2 Å². The molecule has 0 aliphatic heterocycles. The van der Waals surface area contributed by atoms with E-state index < -0.39 is 5.60 Å². The van der Waals surface area contributed by atoms with Gasteiger partial charge in [-0.3, -0.25) is 0 Å². The van der Waals surface area contributed by atoms with Crippen LogP contribution in [0.25, 0.3) is 0 Å². The molecule has 0 aliphatic rings. The molecule has 0 saturated heterocycles. The smallest absolute Gasteiger partial charge is 0.143 e. The van der Waals surface area contributed by atoms with Crippen molar-refractivity contribution in [1.82, 2.24) is 0 Å². The summed E-state index contributed by atoms with van der Waals surface area (Å²) in [5, 5.41) is 0. The van der Waals surface area contributed by atoms with E-state index in [2.05, 4.69) is 105 Å². The topological polar surface area (TPSA) is 18.5 Å². The zero-order valence-electron chi connectivity index (χ0n) is 19.0. The molecule has 0 fully saturated rings. The van der Waals surface area contributed by atoms with Crippen molar-refractivity contribution in [2.75, 3.05) is 13.2 Å². The quantitative estimate of drug-likeness (QED) is 0.214. The zero-order valence-corrected chi connectivity index (χ0v) is 19.0. The molecule has 0 spiro atoms. The normalized spacial score (nSPS) is 11.7. The van der Waals surface area contributed by atoms with Gasteiger partial charge >= 0.3 is 0 Å². The van der Waals surface area contributed by atoms with E-state index in [0.717, 1.165) is 26.1 Å². The highest BCUT2D eigenvalue weighted by atomic mass is 16.5. The molecule has 3 aromatic carbocycles. The SMILES string of the molecule is CC(C)OCCCCCCCOC(c1ccccc1)(c1ccccc1)c1ccccc1. The standard InChI is InChI=1S/C29H36O2/c1-25(2)30-23-15-4-3-5-16-24-31-29(26-17-9-6-10-18-26,27-19-11-7-12-20-27)28-21-13-8-14-22-28/h6-14,17-22,25H,3-5,15-16,23-24H2,1-2H3. The molecule has 0 unspecified atom stereocenters. The minimum absolute atomic E-state index is 0.329. The van der Waals surface area contributed by atoms with Crippen LogP contribution in [0.1, 0.15) is 62.6 Å². The molecule has 164 valence electrons. The van der Waals surface area contributed by atoms with Gasteiger partial charge in [0.2, 0.25) is 0 Å². The molecule has 0 atom stereocenters. The zero-order chi connectivity index (χ0) is 21.8. The summed E-state index contributed by atoms with van der Waals surface area (Å²) in [5.41, 5.74) is 2.89. The fourth-order valence-corrected chi connectivity index (χ4v) is 4.05. The molecular formula is C29H36O2. The molecule has 2 heteroatoms. The van der Waals surface area contributed by atoms with Crippen LogP contribution in [0.2, 0.25) is 0 Å². The van der Waals surface area contributed by atoms with Gasteiger partial charge in [-0.2, -0.15) is 0 Å². The third kappa shape index (κ3) is 6.53. The predicted octanol–water partition coefficient (Wildman–Crippen LogP) is 7.37. The lowest BCUT2D eigenvalue weighted by Gasteiger charge is -2.36. The van der Waals surface area contributed by atoms with E-state index in [1.165, 1.54) is 36.0 Å². The van der Waals surface area contributed by atoms with Crippen molar-refractivity contribution in [3.63, 3.8) is 0 Å². The van der Waals surface area contributed by atoms with Gasteiger partial charge in [-0.05, 0) is 43.4 Å². The van der Waals surface area contributed by atoms with Crippen LogP contribution in [0.15, 0.2) is 91.0 Å². The summed E-state index contributed by atoms with van der Waals surface area (Å²) in [6.45, 7) is 5.78. The lowest BCUT2D eigenvalue weighted by Crippen LogP contribution is -2.33. The number of rotatable bonds is 13. The predicted molar refractivity (Wildman–Crippen MR) is 129 cm³/mol. The van der Waals surface area contributed by atoms with E-state index in [-0.39, 0.29) is 0 Å². The maximum atomic E-state index is 6.82. The first-order chi connectivity index (χ1) is 15.2. The number of ether oxygens (including phenoxy) is 2. The van der Waals surface area contributed by atoms with Crippen molar-refractivity contribution < 1.29 is 9.47 Å². The number of benzene rings is 3. The molecule has 0 radical (unpaired) electrons. The van der Waals surface area contributed by atoms with E-state index >= 15 is 0 Å². The Morgan fingerprint density at radius 1 is 0.548 bits per heavy atom. The molecular weight excluding hydrogens is 380 g/mol. The van der Waals surface area contributed by atoms with Gasteiger partial charge in [-0.15, -0.1) is 0 Å². The molecule has 0 aromatic heterocycles. The highest BCUT2D eigenvalue weighted by molar-refractivity contribution is 5.47. The van der Waals surface area contributed by atoms with Crippen LogP contribution >= 0.6 is 0 Å². The van der Waals surface area contributed by atoms with Crippen molar-refractivity contribution in [3.8, 4) is 0 Å². The fraction of sp³-hybridized carbons (Fsp3) is 0.379. The Kier molecular flexibility index (Phi) is 9.33. The lowest BCUT2D eigenvalue weighted by molar-refractivity contribution is 0.0105. The second-order valence-electron chi connectivity index (χ2n) is 8.32. The first-order valence-electron chi connectivity index (χ1n) is 11.7. The lowest BCUT2D eigenvalue weighted by atomic mass is 9.80. The Balaban J connectivity index is 1.72. The molecule has 0 bridgehead atoms. The van der Waals surface area contributed by atoms with Gasteiger partial charge in [0.05, 0.1) is 6.10 Å². The molecule has 2 nitrogen and oxygen atoms in total. The summed E-state index contributed by atoms with van der Waals surface area (Å²) in [6, 6.07) is 31.8. The third-order valence-corrected chi connectivity index (χ3v) is 5.60. The van der Waals surface area contributed by atoms with Crippen LogP contribution in [0.4, 0.5) is 0 Å². The van der Waals surface area contributed by atoms with Crippen molar-refractivity contribution >= 4 is 0 Å². The van der Waals surface area contributed by atoms with E-state index in [9.17, 15) is 0 Å². The van der Waals surface area contributed by atoms with E-state index in [4.69, 9.17) is 9.47 Å². The largest absolute Gasteiger partial charge is 0.379 e. The van der Waals surface area contributed by atoms with Crippen LogP contribution in [-0.4, -0.2) is 19.3 Å². The van der Waals surface area contributed by atoms with Crippen LogP contribution < -0.4 is 0 Å². The maximum absolute atomic E-state index is 6.82. The Hall–Kier alpha value is -2.42. The molecule has 3 aromatic rings. The number of hydrogen-bond acceptors (Lipinski definition) is 2. The highest BCUT2D eigenvalue weighted by Crippen LogP contribution is 2.40. The third-order valence-electron chi connectivity index (χ3n) is 5.60. The van der Waals surface area contributed by atoms with Crippen LogP contribution in [0.5, 0.6) is 0 Å². The number of unbranched alkanes of at least 4 members (excludes halogenated alkanes) is 4. The van der Waals surface area contributed by atoms with Crippen molar-refractivity contribution in [1.29, 1.82) is 0 Å². The summed E-state index contributed by atoms with van der Waals surface area (Å²) < 4.78 is 12.5. The number of hydrogen-bond donors (Lipinski definition) is 0. The van der Waals surface area contributed by atoms with Crippen LogP contribution in [-0.2, 0) is 15.1 Å². The van der Waals surface area contributed by atoms with Gasteiger partial charge in [-0.25, -0.2) is 0 Å². The van der Waals surface area contributed by atoms with Crippen molar-refractivity contribution in [2.45, 2.75) is 57.7 Å². The molecule has 0 amide bonds. The monoisotopic (exact) mass is 416 g/mol.